The Labute approximate surface area is 181 Å². The van der Waals surface area contributed by atoms with Crippen molar-refractivity contribution >= 4 is 17.5 Å². The summed E-state index contributed by atoms with van der Waals surface area (Å²) in [5.41, 5.74) is 4.68. The highest BCUT2D eigenvalue weighted by Gasteiger charge is 2.66. The summed E-state index contributed by atoms with van der Waals surface area (Å²) in [6.45, 7) is 4.51. The van der Waals surface area contributed by atoms with Crippen molar-refractivity contribution in [2.24, 2.45) is 11.8 Å². The van der Waals surface area contributed by atoms with Gasteiger partial charge in [-0.3, -0.25) is 9.59 Å². The van der Waals surface area contributed by atoms with E-state index in [1.54, 1.807) is 0 Å². The Balaban J connectivity index is 1.59. The summed E-state index contributed by atoms with van der Waals surface area (Å²) in [5.74, 6) is -0.625. The number of carbonyl (C=O) groups excluding carboxylic acids is 2. The Hall–Kier alpha value is -3.40. The molecule has 1 fully saturated rings. The highest BCUT2D eigenvalue weighted by atomic mass is 16.5. The second-order valence-corrected chi connectivity index (χ2v) is 8.77. The molecule has 0 aromatic heterocycles. The molecule has 3 aliphatic carbocycles. The summed E-state index contributed by atoms with van der Waals surface area (Å²) in [6.07, 6.45) is 0. The van der Waals surface area contributed by atoms with Crippen molar-refractivity contribution in [1.82, 2.24) is 0 Å². The van der Waals surface area contributed by atoms with Crippen LogP contribution in [0.15, 0.2) is 72.8 Å². The lowest BCUT2D eigenvalue weighted by Gasteiger charge is -2.52. The van der Waals surface area contributed by atoms with Crippen LogP contribution in [-0.4, -0.2) is 18.4 Å². The van der Waals surface area contributed by atoms with Gasteiger partial charge in [-0.1, -0.05) is 67.6 Å². The van der Waals surface area contributed by atoms with Gasteiger partial charge in [0.05, 0.1) is 24.1 Å². The summed E-state index contributed by atoms with van der Waals surface area (Å²) in [4.78, 5) is 29.3. The normalized spacial score (nSPS) is 27.7. The van der Waals surface area contributed by atoms with Crippen molar-refractivity contribution in [3.8, 4) is 5.75 Å². The molecule has 154 valence electrons. The van der Waals surface area contributed by atoms with Gasteiger partial charge in [-0.25, -0.2) is 4.90 Å². The predicted octanol–water partition coefficient (Wildman–Crippen LogP) is 4.66. The number of rotatable bonds is 3. The fraction of sp³-hybridized carbons (Fsp3) is 0.259. The van der Waals surface area contributed by atoms with E-state index in [4.69, 9.17) is 4.74 Å². The number of hydrogen-bond donors (Lipinski definition) is 0. The molecule has 4 nitrogen and oxygen atoms in total. The van der Waals surface area contributed by atoms with Gasteiger partial charge in [-0.05, 0) is 41.3 Å². The molecule has 0 saturated carbocycles. The second-order valence-electron chi connectivity index (χ2n) is 8.77. The average Bonchev–Trinajstić information content (AvgIpc) is 3.06. The molecule has 0 unspecified atom stereocenters. The molecular formula is C27H23NO3. The zero-order valence-corrected chi connectivity index (χ0v) is 17.5. The van der Waals surface area contributed by atoms with Crippen LogP contribution in [0.1, 0.15) is 42.0 Å². The van der Waals surface area contributed by atoms with Crippen LogP contribution in [0.2, 0.25) is 0 Å². The van der Waals surface area contributed by atoms with Crippen molar-refractivity contribution in [3.05, 3.63) is 95.1 Å². The second kappa shape index (κ2) is 6.30. The summed E-state index contributed by atoms with van der Waals surface area (Å²) in [5, 5.41) is 0. The fourth-order valence-corrected chi connectivity index (χ4v) is 6.31. The lowest BCUT2D eigenvalue weighted by atomic mass is 9.48. The highest BCUT2D eigenvalue weighted by Crippen LogP contribution is 2.64. The van der Waals surface area contributed by atoms with Crippen LogP contribution in [-0.2, 0) is 15.0 Å². The lowest BCUT2D eigenvalue weighted by Crippen LogP contribution is -2.51. The molecule has 4 heteroatoms. The van der Waals surface area contributed by atoms with E-state index >= 15 is 0 Å². The molecule has 3 aromatic carbocycles. The van der Waals surface area contributed by atoms with Crippen LogP contribution in [0.4, 0.5) is 5.69 Å². The zero-order valence-electron chi connectivity index (χ0n) is 17.5. The summed E-state index contributed by atoms with van der Waals surface area (Å²) in [6, 6.07) is 24.0. The standard InChI is InChI=1S/C27H23NO3/c1-3-31-21-15-9-8-14-20(21)28-25(29)23-22-16-10-4-6-12-18(16)27(2,24(23)26(28)30)19-13-7-5-11-17(19)22/h4-15,22-24H,3H2,1-2H3/t22?,23-,24+,27?/m0/s1. The Bertz CT molecular complexity index is 1200. The molecule has 31 heavy (non-hydrogen) atoms. The van der Waals surface area contributed by atoms with Gasteiger partial charge in [-0.2, -0.15) is 0 Å². The summed E-state index contributed by atoms with van der Waals surface area (Å²) in [7, 11) is 0. The average molecular weight is 409 g/mol. The molecule has 2 bridgehead atoms. The quantitative estimate of drug-likeness (QED) is 0.592. The molecule has 2 atom stereocenters. The van der Waals surface area contributed by atoms with Gasteiger partial charge in [0.2, 0.25) is 11.8 Å². The Kier molecular flexibility index (Phi) is 3.73. The number of amides is 2. The summed E-state index contributed by atoms with van der Waals surface area (Å²) < 4.78 is 5.77. The van der Waals surface area contributed by atoms with E-state index in [0.717, 1.165) is 0 Å². The largest absolute Gasteiger partial charge is 0.492 e. The van der Waals surface area contributed by atoms with Crippen LogP contribution in [0.3, 0.4) is 0 Å². The Morgan fingerprint density at radius 3 is 2.06 bits per heavy atom. The first-order valence-corrected chi connectivity index (χ1v) is 10.9. The highest BCUT2D eigenvalue weighted by molar-refractivity contribution is 6.24. The number of para-hydroxylation sites is 2. The SMILES string of the molecule is CCOc1ccccc1N1C(=O)[C@H]2C3c4ccccc4C(C)(c4ccccc43)[C@H]2C1=O. The maximum absolute atomic E-state index is 14.0. The number of nitrogens with zero attached hydrogens (tertiary/aromatic N) is 1. The van der Waals surface area contributed by atoms with Crippen LogP contribution in [0.25, 0.3) is 0 Å². The zero-order chi connectivity index (χ0) is 21.3. The first-order chi connectivity index (χ1) is 15.1. The minimum absolute atomic E-state index is 0.111. The first kappa shape index (κ1) is 18.4. The van der Waals surface area contributed by atoms with Gasteiger partial charge in [-0.15, -0.1) is 0 Å². The van der Waals surface area contributed by atoms with Crippen molar-refractivity contribution in [3.63, 3.8) is 0 Å². The van der Waals surface area contributed by atoms with Gasteiger partial charge >= 0.3 is 0 Å². The number of ether oxygens (including phenoxy) is 1. The first-order valence-electron chi connectivity index (χ1n) is 10.9. The van der Waals surface area contributed by atoms with Crippen molar-refractivity contribution in [2.45, 2.75) is 25.2 Å². The van der Waals surface area contributed by atoms with Gasteiger partial charge in [0, 0.05) is 11.3 Å². The van der Waals surface area contributed by atoms with E-state index in [1.807, 2.05) is 55.5 Å². The van der Waals surface area contributed by atoms with E-state index in [1.165, 1.54) is 27.2 Å². The molecule has 0 radical (unpaired) electrons. The molecular weight excluding hydrogens is 386 g/mol. The molecule has 1 heterocycles. The number of hydrogen-bond acceptors (Lipinski definition) is 3. The molecule has 0 N–H and O–H groups in total. The van der Waals surface area contributed by atoms with Crippen molar-refractivity contribution in [2.75, 3.05) is 11.5 Å². The number of anilines is 1. The van der Waals surface area contributed by atoms with E-state index in [2.05, 4.69) is 31.2 Å². The minimum atomic E-state index is -0.547. The van der Waals surface area contributed by atoms with Crippen LogP contribution in [0, 0.1) is 11.8 Å². The van der Waals surface area contributed by atoms with Crippen molar-refractivity contribution < 1.29 is 14.3 Å². The van der Waals surface area contributed by atoms with Crippen LogP contribution >= 0.6 is 0 Å². The van der Waals surface area contributed by atoms with Crippen LogP contribution < -0.4 is 9.64 Å². The number of benzene rings is 3. The van der Waals surface area contributed by atoms with Gasteiger partial charge in [0.1, 0.15) is 5.75 Å². The predicted molar refractivity (Wildman–Crippen MR) is 118 cm³/mol. The molecule has 0 spiro atoms. The van der Waals surface area contributed by atoms with Crippen LogP contribution in [0.5, 0.6) is 5.75 Å². The third kappa shape index (κ3) is 2.15. The van der Waals surface area contributed by atoms with Gasteiger partial charge < -0.3 is 4.74 Å². The number of carbonyl (C=O) groups is 2. The maximum Gasteiger partial charge on any atom is 0.239 e. The van der Waals surface area contributed by atoms with E-state index < -0.39 is 17.3 Å². The molecule has 1 saturated heterocycles. The van der Waals surface area contributed by atoms with Gasteiger partial charge in [0.25, 0.3) is 0 Å². The summed E-state index contributed by atoms with van der Waals surface area (Å²) >= 11 is 0. The maximum atomic E-state index is 14.0. The lowest BCUT2D eigenvalue weighted by molar-refractivity contribution is -0.123. The third-order valence-corrected chi connectivity index (χ3v) is 7.45. The minimum Gasteiger partial charge on any atom is -0.492 e. The van der Waals surface area contributed by atoms with E-state index in [9.17, 15) is 9.59 Å². The topological polar surface area (TPSA) is 46.6 Å². The van der Waals surface area contributed by atoms with E-state index in [0.29, 0.717) is 18.0 Å². The van der Waals surface area contributed by atoms with Crippen molar-refractivity contribution in [1.29, 1.82) is 0 Å². The van der Waals surface area contributed by atoms with Gasteiger partial charge in [0.15, 0.2) is 0 Å². The molecule has 3 aromatic rings. The fourth-order valence-electron chi connectivity index (χ4n) is 6.31. The molecule has 1 aliphatic heterocycles. The molecule has 2 amide bonds. The Morgan fingerprint density at radius 2 is 1.42 bits per heavy atom. The molecule has 4 aliphatic rings. The third-order valence-electron chi connectivity index (χ3n) is 7.45. The number of imide groups is 1. The smallest absolute Gasteiger partial charge is 0.239 e. The Morgan fingerprint density at radius 1 is 0.839 bits per heavy atom. The monoisotopic (exact) mass is 409 g/mol. The van der Waals surface area contributed by atoms with E-state index in [-0.39, 0.29) is 17.7 Å². The molecule has 7 rings (SSSR count).